The molecule has 2 aromatic rings. The van der Waals surface area contributed by atoms with Gasteiger partial charge in [-0.05, 0) is 42.9 Å². The zero-order valence-corrected chi connectivity index (χ0v) is 14.9. The molecule has 27 heavy (non-hydrogen) atoms. The van der Waals surface area contributed by atoms with Gasteiger partial charge < -0.3 is 10.2 Å². The lowest BCUT2D eigenvalue weighted by molar-refractivity contribution is -0.384. The van der Waals surface area contributed by atoms with Crippen LogP contribution in [-0.2, 0) is 11.3 Å². The number of hydrogen-bond donors (Lipinski definition) is 1. The van der Waals surface area contributed by atoms with Crippen LogP contribution in [0.5, 0.6) is 0 Å². The summed E-state index contributed by atoms with van der Waals surface area (Å²) in [5.74, 6) is 0.0460. The third kappa shape index (κ3) is 3.30. The lowest BCUT2D eigenvalue weighted by Gasteiger charge is -2.29. The quantitative estimate of drug-likeness (QED) is 0.637. The molecule has 0 saturated heterocycles. The molecule has 0 aromatic heterocycles. The third-order valence-electron chi connectivity index (χ3n) is 5.26. The van der Waals surface area contributed by atoms with Crippen LogP contribution in [0.3, 0.4) is 0 Å². The van der Waals surface area contributed by atoms with Gasteiger partial charge in [0.15, 0.2) is 0 Å². The Morgan fingerprint density at radius 3 is 2.52 bits per heavy atom. The molecule has 1 N–H and O–H groups in total. The van der Waals surface area contributed by atoms with Gasteiger partial charge in [0.2, 0.25) is 0 Å². The molecule has 0 saturated carbocycles. The van der Waals surface area contributed by atoms with Crippen LogP contribution in [-0.4, -0.2) is 21.9 Å². The van der Waals surface area contributed by atoms with E-state index < -0.39 is 4.92 Å². The summed E-state index contributed by atoms with van der Waals surface area (Å²) in [6.45, 7) is 0.477. The number of hydrogen-bond acceptors (Lipinski definition) is 4. The van der Waals surface area contributed by atoms with Crippen molar-refractivity contribution in [2.24, 2.45) is 0 Å². The Morgan fingerprint density at radius 1 is 1.04 bits per heavy atom. The minimum atomic E-state index is -0.392. The molecular weight excluding hydrogens is 342 g/mol. The van der Waals surface area contributed by atoms with Gasteiger partial charge in [0.1, 0.15) is 11.9 Å². The number of nitrogens with zero attached hydrogens (tertiary/aromatic N) is 2. The van der Waals surface area contributed by atoms with Crippen molar-refractivity contribution in [3.8, 4) is 0 Å². The molecule has 1 aliphatic carbocycles. The van der Waals surface area contributed by atoms with Crippen LogP contribution >= 0.6 is 0 Å². The highest BCUT2D eigenvalue weighted by Gasteiger charge is 2.40. The summed E-state index contributed by atoms with van der Waals surface area (Å²) in [7, 11) is 0. The fourth-order valence-corrected chi connectivity index (χ4v) is 3.96. The van der Waals surface area contributed by atoms with E-state index in [0.29, 0.717) is 12.2 Å². The van der Waals surface area contributed by atoms with Gasteiger partial charge in [-0.1, -0.05) is 42.5 Å². The second kappa shape index (κ2) is 7.23. The monoisotopic (exact) mass is 363 g/mol. The van der Waals surface area contributed by atoms with E-state index in [1.54, 1.807) is 18.2 Å². The first-order valence-electron chi connectivity index (χ1n) is 9.22. The number of amides is 1. The Labute approximate surface area is 157 Å². The number of carbonyl (C=O) groups excluding carboxylic acids is 1. The summed E-state index contributed by atoms with van der Waals surface area (Å²) in [6.07, 6.45) is 3.36. The first-order valence-corrected chi connectivity index (χ1v) is 9.22. The van der Waals surface area contributed by atoms with Crippen LogP contribution in [0.2, 0.25) is 0 Å². The minimum Gasteiger partial charge on any atom is -0.356 e. The van der Waals surface area contributed by atoms with E-state index in [0.717, 1.165) is 42.4 Å². The Hall–Kier alpha value is -3.15. The molecule has 1 heterocycles. The van der Waals surface area contributed by atoms with E-state index in [9.17, 15) is 14.9 Å². The molecule has 6 heteroatoms. The predicted octanol–water partition coefficient (Wildman–Crippen LogP) is 4.25. The lowest BCUT2D eigenvalue weighted by atomic mass is 9.92. The maximum atomic E-state index is 13.1. The molecule has 0 bridgehead atoms. The van der Waals surface area contributed by atoms with Crippen LogP contribution in [0.15, 0.2) is 65.7 Å². The first kappa shape index (κ1) is 17.3. The van der Waals surface area contributed by atoms with Crippen LogP contribution in [0.4, 0.5) is 11.4 Å². The molecule has 2 aromatic carbocycles. The van der Waals surface area contributed by atoms with Gasteiger partial charge in [-0.2, -0.15) is 0 Å². The maximum Gasteiger partial charge on any atom is 0.292 e. The smallest absolute Gasteiger partial charge is 0.292 e. The van der Waals surface area contributed by atoms with E-state index >= 15 is 0 Å². The molecule has 0 spiro atoms. The van der Waals surface area contributed by atoms with Crippen molar-refractivity contribution in [3.05, 3.63) is 81.4 Å². The summed E-state index contributed by atoms with van der Waals surface area (Å²) in [4.78, 5) is 25.9. The van der Waals surface area contributed by atoms with Crippen LogP contribution in [0.1, 0.15) is 31.2 Å². The normalized spacial score (nSPS) is 19.2. The highest BCUT2D eigenvalue weighted by molar-refractivity contribution is 5.98. The molecule has 2 aliphatic rings. The lowest BCUT2D eigenvalue weighted by Crippen LogP contribution is -2.40. The number of nitrogens with one attached hydrogen (secondary N) is 1. The maximum absolute atomic E-state index is 13.1. The van der Waals surface area contributed by atoms with Crippen molar-refractivity contribution >= 4 is 17.3 Å². The molecule has 0 unspecified atom stereocenters. The molecule has 0 radical (unpaired) electrons. The summed E-state index contributed by atoms with van der Waals surface area (Å²) in [5.41, 5.74) is 3.47. The molecule has 138 valence electrons. The van der Waals surface area contributed by atoms with Crippen molar-refractivity contribution < 1.29 is 9.72 Å². The Kier molecular flexibility index (Phi) is 4.62. The van der Waals surface area contributed by atoms with E-state index in [1.165, 1.54) is 6.07 Å². The number of rotatable bonds is 5. The zero-order valence-electron chi connectivity index (χ0n) is 14.9. The van der Waals surface area contributed by atoms with Gasteiger partial charge in [-0.25, -0.2) is 0 Å². The van der Waals surface area contributed by atoms with E-state index in [1.807, 2.05) is 35.2 Å². The topological polar surface area (TPSA) is 75.5 Å². The highest BCUT2D eigenvalue weighted by atomic mass is 16.6. The van der Waals surface area contributed by atoms with Gasteiger partial charge in [-0.3, -0.25) is 14.9 Å². The first-order chi connectivity index (χ1) is 13.1. The highest BCUT2D eigenvalue weighted by Crippen LogP contribution is 2.38. The van der Waals surface area contributed by atoms with Gasteiger partial charge in [0.05, 0.1) is 4.92 Å². The summed E-state index contributed by atoms with van der Waals surface area (Å²) in [6, 6.07) is 16.4. The Morgan fingerprint density at radius 2 is 1.74 bits per heavy atom. The summed E-state index contributed by atoms with van der Waals surface area (Å²) in [5, 5.41) is 14.7. The molecule has 1 amide bonds. The van der Waals surface area contributed by atoms with Crippen molar-refractivity contribution in [2.75, 3.05) is 5.32 Å². The van der Waals surface area contributed by atoms with E-state index in [4.69, 9.17) is 0 Å². The number of nitro groups is 1. The molecule has 1 aliphatic heterocycles. The number of carbonyl (C=O) groups is 1. The average Bonchev–Trinajstić information content (AvgIpc) is 2.95. The fourth-order valence-electron chi connectivity index (χ4n) is 3.96. The van der Waals surface area contributed by atoms with E-state index in [-0.39, 0.29) is 17.8 Å². The number of anilines is 1. The van der Waals surface area contributed by atoms with Gasteiger partial charge in [-0.15, -0.1) is 0 Å². The van der Waals surface area contributed by atoms with E-state index in [2.05, 4.69) is 5.32 Å². The van der Waals surface area contributed by atoms with Gasteiger partial charge in [0.25, 0.3) is 11.6 Å². The van der Waals surface area contributed by atoms with Gasteiger partial charge >= 0.3 is 0 Å². The van der Waals surface area contributed by atoms with Crippen LogP contribution in [0, 0.1) is 10.1 Å². The van der Waals surface area contributed by atoms with Crippen LogP contribution < -0.4 is 5.32 Å². The molecular formula is C21H21N3O3. The number of para-hydroxylation sites is 2. The van der Waals surface area contributed by atoms with Gasteiger partial charge in [0, 0.05) is 18.2 Å². The largest absolute Gasteiger partial charge is 0.356 e. The van der Waals surface area contributed by atoms with Crippen molar-refractivity contribution in [1.29, 1.82) is 0 Å². The fraction of sp³-hybridized carbons (Fsp3) is 0.286. The summed E-state index contributed by atoms with van der Waals surface area (Å²) >= 11 is 0. The van der Waals surface area contributed by atoms with Crippen LogP contribution in [0.25, 0.3) is 0 Å². The molecule has 0 fully saturated rings. The number of nitro benzene ring substituents is 1. The molecule has 1 atom stereocenters. The Bertz CT molecular complexity index is 908. The Balaban J connectivity index is 1.69. The second-order valence-electron chi connectivity index (χ2n) is 6.95. The SMILES string of the molecule is O=C1C2=C(CCCC2)[C@H](Nc2ccccc2[N+](=O)[O-])N1Cc1ccccc1. The third-order valence-corrected chi connectivity index (χ3v) is 5.26. The zero-order chi connectivity index (χ0) is 18.8. The number of benzene rings is 2. The van der Waals surface area contributed by atoms with Crippen molar-refractivity contribution in [3.63, 3.8) is 0 Å². The standard InChI is InChI=1S/C21H21N3O3/c25-21-17-11-5-4-10-16(17)20(23(21)14-15-8-2-1-3-9-15)22-18-12-6-7-13-19(18)24(26)27/h1-3,6-9,12-13,20,22H,4-5,10-11,14H2/t20-/m1/s1. The summed E-state index contributed by atoms with van der Waals surface area (Å²) < 4.78 is 0. The molecule has 4 rings (SSSR count). The predicted molar refractivity (Wildman–Crippen MR) is 103 cm³/mol. The molecule has 6 nitrogen and oxygen atoms in total. The minimum absolute atomic E-state index is 0.0227. The second-order valence-corrected chi connectivity index (χ2v) is 6.95. The van der Waals surface area contributed by atoms with Crippen molar-refractivity contribution in [1.82, 2.24) is 4.90 Å². The van der Waals surface area contributed by atoms with Crippen molar-refractivity contribution in [2.45, 2.75) is 38.4 Å². The average molecular weight is 363 g/mol.